The van der Waals surface area contributed by atoms with Crippen molar-refractivity contribution < 1.29 is 32.7 Å². The third-order valence-corrected chi connectivity index (χ3v) is 2.90. The van der Waals surface area contributed by atoms with E-state index in [2.05, 4.69) is 5.10 Å². The van der Waals surface area contributed by atoms with Gasteiger partial charge in [0.1, 0.15) is 17.9 Å². The largest absolute Gasteiger partial charge is 0.480 e. The number of aromatic nitrogens is 2. The number of alkyl halides is 3. The summed E-state index contributed by atoms with van der Waals surface area (Å²) in [5, 5.41) is 15.9. The number of carboxylic acid groups (broad SMARTS) is 1. The molecule has 1 aromatic heterocycles. The average Bonchev–Trinajstić information content (AvgIpc) is 2.96. The molecule has 11 heteroatoms. The third kappa shape index (κ3) is 4.34. The van der Waals surface area contributed by atoms with Crippen LogP contribution in [0.15, 0.2) is 36.5 Å². The van der Waals surface area contributed by atoms with Gasteiger partial charge in [-0.2, -0.15) is 18.3 Å². The van der Waals surface area contributed by atoms with Crippen LogP contribution < -0.4 is 10.6 Å². The van der Waals surface area contributed by atoms with Crippen molar-refractivity contribution in [2.24, 2.45) is 0 Å². The predicted molar refractivity (Wildman–Crippen MR) is 78.2 cm³/mol. The number of carboxylic acids is 1. The Morgan fingerprint density at radius 1 is 1.16 bits per heavy atom. The molecule has 132 valence electrons. The summed E-state index contributed by atoms with van der Waals surface area (Å²) in [6, 6.07) is 7.80. The lowest BCUT2D eigenvalue weighted by molar-refractivity contribution is -0.167. The lowest BCUT2D eigenvalue weighted by Gasteiger charge is -2.12. The summed E-state index contributed by atoms with van der Waals surface area (Å²) < 4.78 is 38.6. The zero-order chi connectivity index (χ0) is 18.6. The molecule has 0 aliphatic rings. The first-order valence-corrected chi connectivity index (χ1v) is 6.71. The molecule has 0 fully saturated rings. The summed E-state index contributed by atoms with van der Waals surface area (Å²) in [7, 11) is 0. The molecule has 2 rings (SSSR count). The van der Waals surface area contributed by atoms with Crippen LogP contribution in [0, 0.1) is 0 Å². The van der Waals surface area contributed by atoms with Crippen molar-refractivity contribution >= 4 is 23.6 Å². The molecular weight excluding hydrogens is 345 g/mol. The molecule has 0 radical (unpaired) electrons. The van der Waals surface area contributed by atoms with Crippen molar-refractivity contribution in [1.29, 1.82) is 0 Å². The summed E-state index contributed by atoms with van der Waals surface area (Å²) in [5.41, 5.74) is -0.125. The van der Waals surface area contributed by atoms with E-state index in [4.69, 9.17) is 5.11 Å². The molecule has 0 saturated carbocycles. The second-order valence-corrected chi connectivity index (χ2v) is 4.68. The number of nitrogens with zero attached hydrogens (tertiary/aromatic N) is 2. The van der Waals surface area contributed by atoms with Gasteiger partial charge in [-0.3, -0.25) is 14.4 Å². The first-order chi connectivity index (χ1) is 11.7. The Morgan fingerprint density at radius 2 is 1.80 bits per heavy atom. The number of para-hydroxylation sites is 1. The maximum Gasteiger partial charge on any atom is 0.471 e. The molecule has 25 heavy (non-hydrogen) atoms. The van der Waals surface area contributed by atoms with Crippen LogP contribution in [0.3, 0.4) is 0 Å². The smallest absolute Gasteiger partial charge is 0.471 e. The Bertz CT molecular complexity index is 802. The van der Waals surface area contributed by atoms with E-state index in [1.54, 1.807) is 23.5 Å². The fourth-order valence-electron chi connectivity index (χ4n) is 1.83. The van der Waals surface area contributed by atoms with E-state index in [0.29, 0.717) is 0 Å². The second kappa shape index (κ2) is 7.03. The molecule has 0 unspecified atom stereocenters. The zero-order valence-electron chi connectivity index (χ0n) is 12.4. The minimum Gasteiger partial charge on any atom is -0.480 e. The van der Waals surface area contributed by atoms with Gasteiger partial charge in [0.05, 0.1) is 11.9 Å². The Kier molecular flexibility index (Phi) is 5.05. The number of benzene rings is 1. The van der Waals surface area contributed by atoms with Gasteiger partial charge in [0.15, 0.2) is 0 Å². The normalized spacial score (nSPS) is 11.0. The highest BCUT2D eigenvalue weighted by Crippen LogP contribution is 2.23. The summed E-state index contributed by atoms with van der Waals surface area (Å²) >= 11 is 0. The van der Waals surface area contributed by atoms with Crippen LogP contribution >= 0.6 is 0 Å². The second-order valence-electron chi connectivity index (χ2n) is 4.68. The number of halogens is 3. The summed E-state index contributed by atoms with van der Waals surface area (Å²) in [6.07, 6.45) is -4.25. The molecule has 0 spiro atoms. The van der Waals surface area contributed by atoms with Crippen molar-refractivity contribution in [3.63, 3.8) is 0 Å². The number of nitrogens with one attached hydrogen (secondary N) is 2. The van der Waals surface area contributed by atoms with E-state index >= 15 is 0 Å². The fraction of sp³-hybridized carbons (Fsp3) is 0.143. The molecule has 2 aromatic rings. The van der Waals surface area contributed by atoms with Crippen molar-refractivity contribution in [1.82, 2.24) is 15.1 Å². The monoisotopic (exact) mass is 356 g/mol. The minimum absolute atomic E-state index is 0.289. The van der Waals surface area contributed by atoms with Gasteiger partial charge in [0.2, 0.25) is 0 Å². The van der Waals surface area contributed by atoms with Crippen LogP contribution in [-0.4, -0.2) is 45.4 Å². The van der Waals surface area contributed by atoms with Gasteiger partial charge in [-0.05, 0) is 12.1 Å². The molecule has 0 aliphatic carbocycles. The number of hydrogen-bond donors (Lipinski definition) is 3. The van der Waals surface area contributed by atoms with Crippen molar-refractivity contribution in [3.05, 3.63) is 42.1 Å². The maximum absolute atomic E-state index is 12.5. The molecular formula is C14H11F3N4O4. The van der Waals surface area contributed by atoms with E-state index in [9.17, 15) is 27.6 Å². The van der Waals surface area contributed by atoms with Crippen molar-refractivity contribution in [2.45, 2.75) is 6.18 Å². The molecule has 0 aliphatic heterocycles. The first kappa shape index (κ1) is 18.0. The molecule has 0 bridgehead atoms. The van der Waals surface area contributed by atoms with Gasteiger partial charge in [-0.25, -0.2) is 4.68 Å². The standard InChI is InChI=1S/C14H11F3N4O4/c15-14(16,17)13(25)20-11-9(12(24)18-7-10(22)23)6-19-21(11)8-4-2-1-3-5-8/h1-6H,7H2,(H,18,24)(H,20,25)(H,22,23). The minimum atomic E-state index is -5.18. The van der Waals surface area contributed by atoms with Gasteiger partial charge < -0.3 is 15.7 Å². The number of carbonyl (C=O) groups is 3. The van der Waals surface area contributed by atoms with Crippen LogP contribution in [-0.2, 0) is 9.59 Å². The number of anilines is 1. The average molecular weight is 356 g/mol. The Balaban J connectivity index is 2.43. The van der Waals surface area contributed by atoms with Gasteiger partial charge in [0.25, 0.3) is 5.91 Å². The Hall–Kier alpha value is -3.37. The SMILES string of the molecule is O=C(O)CNC(=O)c1cnn(-c2ccccc2)c1NC(=O)C(F)(F)F. The van der Waals surface area contributed by atoms with Crippen molar-refractivity contribution in [2.75, 3.05) is 11.9 Å². The lowest BCUT2D eigenvalue weighted by Crippen LogP contribution is -2.33. The Morgan fingerprint density at radius 3 is 2.36 bits per heavy atom. The number of rotatable bonds is 5. The van der Waals surface area contributed by atoms with Gasteiger partial charge >= 0.3 is 18.1 Å². The summed E-state index contributed by atoms with van der Waals surface area (Å²) in [4.78, 5) is 33.7. The lowest BCUT2D eigenvalue weighted by atomic mass is 10.2. The van der Waals surface area contributed by atoms with Gasteiger partial charge in [0, 0.05) is 0 Å². The van der Waals surface area contributed by atoms with E-state index in [-0.39, 0.29) is 5.69 Å². The highest BCUT2D eigenvalue weighted by atomic mass is 19.4. The van der Waals surface area contributed by atoms with Crippen molar-refractivity contribution in [3.8, 4) is 5.69 Å². The topological polar surface area (TPSA) is 113 Å². The maximum atomic E-state index is 12.5. The first-order valence-electron chi connectivity index (χ1n) is 6.71. The number of amides is 2. The molecule has 1 aromatic carbocycles. The number of carbonyl (C=O) groups excluding carboxylic acids is 2. The number of aliphatic carboxylic acids is 1. The van der Waals surface area contributed by atoms with Crippen LogP contribution in [0.2, 0.25) is 0 Å². The fourth-order valence-corrected chi connectivity index (χ4v) is 1.83. The molecule has 2 amide bonds. The highest BCUT2D eigenvalue weighted by molar-refractivity contribution is 6.04. The zero-order valence-corrected chi connectivity index (χ0v) is 12.4. The highest BCUT2D eigenvalue weighted by Gasteiger charge is 2.40. The van der Waals surface area contributed by atoms with E-state index < -0.39 is 41.9 Å². The van der Waals surface area contributed by atoms with Gasteiger partial charge in [-0.15, -0.1) is 0 Å². The molecule has 8 nitrogen and oxygen atoms in total. The molecule has 3 N–H and O–H groups in total. The summed E-state index contributed by atoms with van der Waals surface area (Å²) in [6.45, 7) is -0.748. The van der Waals surface area contributed by atoms with Crippen LogP contribution in [0.1, 0.15) is 10.4 Å². The van der Waals surface area contributed by atoms with Crippen LogP contribution in [0.25, 0.3) is 5.69 Å². The predicted octanol–water partition coefficient (Wildman–Crippen LogP) is 1.19. The van der Waals surface area contributed by atoms with E-state index in [1.807, 2.05) is 5.32 Å². The molecule has 0 saturated heterocycles. The van der Waals surface area contributed by atoms with E-state index in [1.165, 1.54) is 12.1 Å². The molecule has 1 heterocycles. The van der Waals surface area contributed by atoms with Crippen LogP contribution in [0.4, 0.5) is 19.0 Å². The molecule has 0 atom stereocenters. The van der Waals surface area contributed by atoms with E-state index in [0.717, 1.165) is 10.9 Å². The van der Waals surface area contributed by atoms with Crippen LogP contribution in [0.5, 0.6) is 0 Å². The number of hydrogen-bond acceptors (Lipinski definition) is 4. The summed E-state index contributed by atoms with van der Waals surface area (Å²) in [5.74, 6) is -5.17. The quantitative estimate of drug-likeness (QED) is 0.745. The van der Waals surface area contributed by atoms with Gasteiger partial charge in [-0.1, -0.05) is 18.2 Å². The third-order valence-electron chi connectivity index (χ3n) is 2.90. The Labute approximate surface area is 138 Å².